The first kappa shape index (κ1) is 62.7. The van der Waals surface area contributed by atoms with Gasteiger partial charge in [-0.1, -0.05) is 75.9 Å². The lowest BCUT2D eigenvalue weighted by Gasteiger charge is -2.39. The number of rotatable bonds is 18. The van der Waals surface area contributed by atoms with Crippen molar-refractivity contribution in [3.05, 3.63) is 130 Å². The summed E-state index contributed by atoms with van der Waals surface area (Å²) in [5.41, 5.74) is 4.78. The minimum atomic E-state index is -0.967. The van der Waals surface area contributed by atoms with Crippen molar-refractivity contribution in [2.75, 3.05) is 40.4 Å². The molecular formula is C60H84N6O11. The number of ether oxygens (including phenoxy) is 4. The molecule has 77 heavy (non-hydrogen) atoms. The molecule has 0 aliphatic carbocycles. The molecule has 2 saturated heterocycles. The summed E-state index contributed by atoms with van der Waals surface area (Å²) in [6.45, 7) is 19.1. The van der Waals surface area contributed by atoms with Crippen molar-refractivity contribution in [3.63, 3.8) is 0 Å². The molecule has 0 atom stereocenters. The van der Waals surface area contributed by atoms with Crippen LogP contribution in [0.4, 0.5) is 9.59 Å². The number of likely N-dealkylation sites (tertiary alicyclic amines) is 2. The highest BCUT2D eigenvalue weighted by Crippen LogP contribution is 2.24. The van der Waals surface area contributed by atoms with Crippen LogP contribution in [0.2, 0.25) is 0 Å². The van der Waals surface area contributed by atoms with E-state index >= 15 is 0 Å². The third-order valence-corrected chi connectivity index (χ3v) is 12.9. The summed E-state index contributed by atoms with van der Waals surface area (Å²) in [5, 5.41) is 12.1. The number of pyridine rings is 2. The molecule has 2 N–H and O–H groups in total. The SMILES string of the molecule is CCCCCc1ccc(C(=O)N(Cc2ccc(C(=O)OC)cc2)C2CCN(C(=O)OC(C)(C)C)CC2)nc1.CCCCCc1ccc(C(=O)O)nc1.COC(=O)c1ccc(CNC2CCN(C(=O)OC(C)(C)C)CC2)cc1. The number of amides is 3. The van der Waals surface area contributed by atoms with Crippen LogP contribution in [0.15, 0.2) is 85.2 Å². The summed E-state index contributed by atoms with van der Waals surface area (Å²) in [7, 11) is 2.73. The largest absolute Gasteiger partial charge is 0.477 e. The van der Waals surface area contributed by atoms with Gasteiger partial charge in [-0.15, -0.1) is 0 Å². The zero-order valence-electron chi connectivity index (χ0n) is 47.2. The van der Waals surface area contributed by atoms with Gasteiger partial charge in [-0.2, -0.15) is 0 Å². The van der Waals surface area contributed by atoms with E-state index in [0.29, 0.717) is 68.4 Å². The molecule has 17 heteroatoms. The molecule has 420 valence electrons. The molecule has 0 unspecified atom stereocenters. The Kier molecular flexibility index (Phi) is 25.5. The summed E-state index contributed by atoms with van der Waals surface area (Å²) in [6, 6.07) is 22.0. The number of hydrogen-bond donors (Lipinski definition) is 2. The maximum Gasteiger partial charge on any atom is 0.410 e. The van der Waals surface area contributed by atoms with E-state index in [4.69, 9.17) is 24.1 Å². The van der Waals surface area contributed by atoms with Crippen molar-refractivity contribution in [2.45, 2.75) is 169 Å². The quantitative estimate of drug-likeness (QED) is 0.0540. The van der Waals surface area contributed by atoms with Crippen molar-refractivity contribution in [3.8, 4) is 0 Å². The second kappa shape index (κ2) is 31.4. The lowest BCUT2D eigenvalue weighted by molar-refractivity contribution is 0.0138. The Balaban J connectivity index is 0.000000280. The Hall–Kier alpha value is -6.88. The number of nitrogens with zero attached hydrogens (tertiary/aromatic N) is 5. The van der Waals surface area contributed by atoms with Gasteiger partial charge in [-0.05, 0) is 152 Å². The van der Waals surface area contributed by atoms with Crippen LogP contribution in [-0.2, 0) is 44.9 Å². The number of carbonyl (C=O) groups is 6. The molecule has 0 bridgehead atoms. The molecule has 2 aliphatic rings. The first-order valence-electron chi connectivity index (χ1n) is 27.1. The number of esters is 2. The Morgan fingerprint density at radius 1 is 0.584 bits per heavy atom. The van der Waals surface area contributed by atoms with Gasteiger partial charge < -0.3 is 44.1 Å². The van der Waals surface area contributed by atoms with Crippen molar-refractivity contribution < 1.29 is 52.8 Å². The Morgan fingerprint density at radius 2 is 1.00 bits per heavy atom. The molecule has 6 rings (SSSR count). The van der Waals surface area contributed by atoms with E-state index in [1.165, 1.54) is 33.5 Å². The lowest BCUT2D eigenvalue weighted by Crippen LogP contribution is -2.49. The van der Waals surface area contributed by atoms with Gasteiger partial charge in [0.1, 0.15) is 22.6 Å². The zero-order valence-corrected chi connectivity index (χ0v) is 47.2. The molecule has 17 nitrogen and oxygen atoms in total. The van der Waals surface area contributed by atoms with E-state index in [2.05, 4.69) is 29.1 Å². The van der Waals surface area contributed by atoms with Crippen LogP contribution < -0.4 is 5.32 Å². The highest BCUT2D eigenvalue weighted by atomic mass is 16.6. The minimum Gasteiger partial charge on any atom is -0.477 e. The number of carbonyl (C=O) groups excluding carboxylic acids is 5. The van der Waals surface area contributed by atoms with Crippen LogP contribution in [-0.4, -0.2) is 129 Å². The molecule has 0 spiro atoms. The number of aromatic carboxylic acids is 1. The predicted octanol–water partition coefficient (Wildman–Crippen LogP) is 11.1. The molecule has 3 amide bonds. The average Bonchev–Trinajstić information content (AvgIpc) is 3.42. The summed E-state index contributed by atoms with van der Waals surface area (Å²) < 4.78 is 20.4. The van der Waals surface area contributed by atoms with Crippen LogP contribution in [0.5, 0.6) is 0 Å². The Morgan fingerprint density at radius 3 is 1.39 bits per heavy atom. The maximum atomic E-state index is 13.7. The van der Waals surface area contributed by atoms with Gasteiger partial charge in [0.25, 0.3) is 5.91 Å². The minimum absolute atomic E-state index is 0.0625. The topological polar surface area (TPSA) is 207 Å². The van der Waals surface area contributed by atoms with Gasteiger partial charge in [0, 0.05) is 63.7 Å². The molecule has 2 aromatic carbocycles. The van der Waals surface area contributed by atoms with E-state index in [0.717, 1.165) is 73.7 Å². The van der Waals surface area contributed by atoms with Gasteiger partial charge in [0.15, 0.2) is 0 Å². The zero-order chi connectivity index (χ0) is 56.5. The number of hydrogen-bond acceptors (Lipinski definition) is 13. The number of aryl methyl sites for hydroxylation is 2. The molecule has 0 radical (unpaired) electrons. The van der Waals surface area contributed by atoms with Gasteiger partial charge >= 0.3 is 30.1 Å². The third kappa shape index (κ3) is 22.3. The number of carboxylic acid groups (broad SMARTS) is 1. The monoisotopic (exact) mass is 1060 g/mol. The van der Waals surface area contributed by atoms with Crippen molar-refractivity contribution in [2.24, 2.45) is 0 Å². The van der Waals surface area contributed by atoms with Crippen LogP contribution in [0, 0.1) is 0 Å². The van der Waals surface area contributed by atoms with Gasteiger partial charge in [-0.25, -0.2) is 29.0 Å². The highest BCUT2D eigenvalue weighted by molar-refractivity contribution is 5.93. The number of aromatic nitrogens is 2. The molecule has 0 saturated carbocycles. The fourth-order valence-electron chi connectivity index (χ4n) is 8.55. The van der Waals surface area contributed by atoms with Crippen molar-refractivity contribution in [1.82, 2.24) is 30.0 Å². The van der Waals surface area contributed by atoms with Crippen molar-refractivity contribution >= 4 is 36.0 Å². The standard InChI is InChI=1S/C30H41N3O5.C19H28N2O4.C11H15NO2/c1-6-7-8-9-22-12-15-26(31-20-22)27(34)33(21-23-10-13-24(14-11-23)28(35)37-5)25-16-18-32(19-17-25)29(36)38-30(2,3)4;1-19(2,3)25-18(23)21-11-9-16(10-12-21)20-13-14-5-7-15(8-6-14)17(22)24-4;1-2-3-4-5-9-6-7-10(11(13)14)12-8-9/h10-15,20,25H,6-9,16-19,21H2,1-5H3;5-8,16,20H,9-13H2,1-4H3;6-8H,2-5H2,1H3,(H,13,14). The molecule has 4 heterocycles. The van der Waals surface area contributed by atoms with Crippen LogP contribution in [0.3, 0.4) is 0 Å². The number of nitrogens with one attached hydrogen (secondary N) is 1. The van der Waals surface area contributed by atoms with Gasteiger partial charge in [0.05, 0.1) is 25.3 Å². The molecular weight excluding hydrogens is 981 g/mol. The van der Waals surface area contributed by atoms with E-state index in [9.17, 15) is 28.8 Å². The fourth-order valence-corrected chi connectivity index (χ4v) is 8.55. The van der Waals surface area contributed by atoms with E-state index in [1.807, 2.05) is 88.9 Å². The van der Waals surface area contributed by atoms with Crippen molar-refractivity contribution in [1.29, 1.82) is 0 Å². The maximum absolute atomic E-state index is 13.7. The smallest absolute Gasteiger partial charge is 0.410 e. The number of unbranched alkanes of at least 4 members (excludes halogenated alkanes) is 4. The summed E-state index contributed by atoms with van der Waals surface area (Å²) in [6.07, 6.45) is 14.9. The first-order valence-corrected chi connectivity index (χ1v) is 27.1. The normalized spacial score (nSPS) is 13.9. The molecule has 4 aromatic rings. The highest BCUT2D eigenvalue weighted by Gasteiger charge is 2.33. The second-order valence-electron chi connectivity index (χ2n) is 21.5. The average molecular weight is 1070 g/mol. The second-order valence-corrected chi connectivity index (χ2v) is 21.5. The van der Waals surface area contributed by atoms with E-state index in [-0.39, 0.29) is 35.8 Å². The predicted molar refractivity (Wildman–Crippen MR) is 296 cm³/mol. The Labute approximate surface area is 456 Å². The number of methoxy groups -OCH3 is 2. The van der Waals surface area contributed by atoms with Gasteiger partial charge in [0.2, 0.25) is 0 Å². The number of piperidine rings is 2. The van der Waals surface area contributed by atoms with E-state index in [1.54, 1.807) is 52.5 Å². The van der Waals surface area contributed by atoms with Gasteiger partial charge in [-0.3, -0.25) is 9.78 Å². The summed E-state index contributed by atoms with van der Waals surface area (Å²) in [5.74, 6) is -1.83. The van der Waals surface area contributed by atoms with E-state index < -0.39 is 23.1 Å². The molecule has 2 aliphatic heterocycles. The summed E-state index contributed by atoms with van der Waals surface area (Å²) >= 11 is 0. The molecule has 2 fully saturated rings. The number of benzene rings is 2. The third-order valence-electron chi connectivity index (χ3n) is 12.9. The Bertz CT molecular complexity index is 2450. The summed E-state index contributed by atoms with van der Waals surface area (Å²) in [4.78, 5) is 85.8. The van der Waals surface area contributed by atoms with Crippen LogP contribution in [0.1, 0.15) is 184 Å². The van der Waals surface area contributed by atoms with Crippen LogP contribution >= 0.6 is 0 Å². The first-order chi connectivity index (χ1) is 36.6. The fraction of sp³-hybridized carbons (Fsp3) is 0.533. The molecule has 2 aromatic heterocycles. The number of carboxylic acids is 1. The lowest BCUT2D eigenvalue weighted by atomic mass is 10.0. The van der Waals surface area contributed by atoms with Crippen LogP contribution in [0.25, 0.3) is 0 Å².